The summed E-state index contributed by atoms with van der Waals surface area (Å²) in [6.07, 6.45) is 0. The van der Waals surface area contributed by atoms with Crippen LogP contribution in [0.5, 0.6) is 0 Å². The third-order valence-electron chi connectivity index (χ3n) is 6.45. The average Bonchev–Trinajstić information content (AvgIpc) is 2.98. The highest BCUT2D eigenvalue weighted by Crippen LogP contribution is 2.31. The Morgan fingerprint density at radius 2 is 0.763 bits per heavy atom. The van der Waals surface area contributed by atoms with E-state index >= 15 is 0 Å². The van der Waals surface area contributed by atoms with Crippen LogP contribution in [0.15, 0.2) is 142 Å². The summed E-state index contributed by atoms with van der Waals surface area (Å²) in [7, 11) is 0. The summed E-state index contributed by atoms with van der Waals surface area (Å²) in [5.41, 5.74) is 9.63. The van der Waals surface area contributed by atoms with Crippen LogP contribution >= 0.6 is 31.9 Å². The van der Waals surface area contributed by atoms with Crippen LogP contribution in [0.3, 0.4) is 0 Å². The molecule has 0 N–H and O–H groups in total. The SMILES string of the molecule is Brc1ccc(-c2cc(-c3ccc(-c4cccc(-c5ccccc5)c4)cc3)nc(-c3ccc(Br)cc3)n2)cc1. The minimum atomic E-state index is 0.701. The first kappa shape index (κ1) is 24.5. The predicted molar refractivity (Wildman–Crippen MR) is 165 cm³/mol. The molecule has 0 fully saturated rings. The fourth-order valence-electron chi connectivity index (χ4n) is 4.43. The molecule has 6 rings (SSSR count). The molecule has 38 heavy (non-hydrogen) atoms. The lowest BCUT2D eigenvalue weighted by Crippen LogP contribution is -1.96. The monoisotopic (exact) mass is 616 g/mol. The van der Waals surface area contributed by atoms with Crippen molar-refractivity contribution in [2.45, 2.75) is 0 Å². The summed E-state index contributed by atoms with van der Waals surface area (Å²) in [4.78, 5) is 9.89. The van der Waals surface area contributed by atoms with Gasteiger partial charge in [0.05, 0.1) is 11.4 Å². The van der Waals surface area contributed by atoms with Crippen LogP contribution < -0.4 is 0 Å². The van der Waals surface area contributed by atoms with Gasteiger partial charge in [-0.05, 0) is 58.7 Å². The standard InChI is InChI=1S/C34H22Br2N2/c35-30-17-13-26(14-18-30)33-22-32(37-34(38-33)27-15-19-31(36)20-16-27)25-11-9-24(10-12-25)29-8-4-7-28(21-29)23-5-2-1-3-6-23/h1-22H. The molecule has 2 nitrogen and oxygen atoms in total. The van der Waals surface area contributed by atoms with Crippen molar-refractivity contribution in [3.05, 3.63) is 142 Å². The summed E-state index contributed by atoms with van der Waals surface area (Å²) in [5.74, 6) is 0.701. The predicted octanol–water partition coefficient (Wildman–Crippen LogP) is 10.3. The molecule has 0 amide bonds. The number of benzene rings is 5. The van der Waals surface area contributed by atoms with Gasteiger partial charge in [0.2, 0.25) is 0 Å². The molecule has 0 atom stereocenters. The summed E-state index contributed by atoms with van der Waals surface area (Å²) >= 11 is 7.06. The molecule has 0 aliphatic heterocycles. The molecule has 0 unspecified atom stereocenters. The van der Waals surface area contributed by atoms with Crippen molar-refractivity contribution < 1.29 is 0 Å². The molecule has 0 saturated carbocycles. The lowest BCUT2D eigenvalue weighted by atomic mass is 9.98. The lowest BCUT2D eigenvalue weighted by molar-refractivity contribution is 1.18. The second-order valence-electron chi connectivity index (χ2n) is 9.00. The minimum absolute atomic E-state index is 0.701. The van der Waals surface area contributed by atoms with Gasteiger partial charge in [-0.1, -0.05) is 129 Å². The first-order valence-corrected chi connectivity index (χ1v) is 13.9. The molecule has 0 bridgehead atoms. The number of hydrogen-bond acceptors (Lipinski definition) is 2. The first-order valence-electron chi connectivity index (χ1n) is 12.3. The number of hydrogen-bond donors (Lipinski definition) is 0. The Balaban J connectivity index is 1.39. The largest absolute Gasteiger partial charge is 0.228 e. The van der Waals surface area contributed by atoms with E-state index in [0.29, 0.717) is 5.82 Å². The Hall–Kier alpha value is -3.86. The van der Waals surface area contributed by atoms with E-state index in [9.17, 15) is 0 Å². The fourth-order valence-corrected chi connectivity index (χ4v) is 4.96. The first-order chi connectivity index (χ1) is 18.6. The third-order valence-corrected chi connectivity index (χ3v) is 7.51. The van der Waals surface area contributed by atoms with Crippen LogP contribution in [0.25, 0.3) is 56.2 Å². The van der Waals surface area contributed by atoms with Crippen molar-refractivity contribution in [2.24, 2.45) is 0 Å². The molecule has 0 saturated heterocycles. The van der Waals surface area contributed by atoms with E-state index in [1.807, 2.05) is 42.5 Å². The van der Waals surface area contributed by atoms with Crippen molar-refractivity contribution in [3.8, 4) is 56.2 Å². The summed E-state index contributed by atoms with van der Waals surface area (Å²) in [6.45, 7) is 0. The van der Waals surface area contributed by atoms with Crippen LogP contribution in [-0.4, -0.2) is 9.97 Å². The highest BCUT2D eigenvalue weighted by molar-refractivity contribution is 9.10. The van der Waals surface area contributed by atoms with Gasteiger partial charge in [0, 0.05) is 25.6 Å². The Morgan fingerprint density at radius 3 is 1.32 bits per heavy atom. The van der Waals surface area contributed by atoms with Gasteiger partial charge in [0.1, 0.15) is 0 Å². The maximum Gasteiger partial charge on any atom is 0.160 e. The number of rotatable bonds is 5. The smallest absolute Gasteiger partial charge is 0.160 e. The van der Waals surface area contributed by atoms with E-state index in [2.05, 4.69) is 123 Å². The number of aromatic nitrogens is 2. The topological polar surface area (TPSA) is 25.8 Å². The number of nitrogens with zero attached hydrogens (tertiary/aromatic N) is 2. The Kier molecular flexibility index (Phi) is 7.00. The van der Waals surface area contributed by atoms with E-state index < -0.39 is 0 Å². The molecule has 182 valence electrons. The molecule has 0 aliphatic rings. The Morgan fingerprint density at radius 1 is 0.342 bits per heavy atom. The van der Waals surface area contributed by atoms with E-state index in [1.54, 1.807) is 0 Å². The second kappa shape index (κ2) is 10.9. The quantitative estimate of drug-likeness (QED) is 0.192. The fraction of sp³-hybridized carbons (Fsp3) is 0. The van der Waals surface area contributed by atoms with Crippen LogP contribution in [-0.2, 0) is 0 Å². The molecular weight excluding hydrogens is 596 g/mol. The summed E-state index contributed by atoms with van der Waals surface area (Å²) in [5, 5.41) is 0. The van der Waals surface area contributed by atoms with E-state index in [4.69, 9.17) is 9.97 Å². The van der Waals surface area contributed by atoms with E-state index in [0.717, 1.165) is 37.0 Å². The molecule has 0 radical (unpaired) electrons. The van der Waals surface area contributed by atoms with Crippen LogP contribution in [0.4, 0.5) is 0 Å². The zero-order valence-corrected chi connectivity index (χ0v) is 23.5. The third kappa shape index (κ3) is 5.38. The Labute approximate surface area is 239 Å². The van der Waals surface area contributed by atoms with Crippen molar-refractivity contribution >= 4 is 31.9 Å². The maximum absolute atomic E-state index is 4.97. The molecule has 4 heteroatoms. The molecule has 1 heterocycles. The van der Waals surface area contributed by atoms with Crippen LogP contribution in [0, 0.1) is 0 Å². The molecule has 0 aliphatic carbocycles. The summed E-state index contributed by atoms with van der Waals surface area (Å²) in [6, 6.07) is 46.2. The number of halogens is 2. The minimum Gasteiger partial charge on any atom is -0.228 e. The Bertz CT molecular complexity index is 1630. The van der Waals surface area contributed by atoms with Crippen molar-refractivity contribution in [3.63, 3.8) is 0 Å². The van der Waals surface area contributed by atoms with Gasteiger partial charge < -0.3 is 0 Å². The molecule has 5 aromatic carbocycles. The van der Waals surface area contributed by atoms with Crippen molar-refractivity contribution in [1.29, 1.82) is 0 Å². The van der Waals surface area contributed by atoms with Gasteiger partial charge in [0.25, 0.3) is 0 Å². The van der Waals surface area contributed by atoms with E-state index in [-0.39, 0.29) is 0 Å². The lowest BCUT2D eigenvalue weighted by Gasteiger charge is -2.11. The van der Waals surface area contributed by atoms with E-state index in [1.165, 1.54) is 22.3 Å². The van der Waals surface area contributed by atoms with Gasteiger partial charge in [-0.25, -0.2) is 9.97 Å². The molecule has 0 spiro atoms. The zero-order chi connectivity index (χ0) is 25.9. The van der Waals surface area contributed by atoms with Crippen molar-refractivity contribution in [2.75, 3.05) is 0 Å². The van der Waals surface area contributed by atoms with Gasteiger partial charge in [0.15, 0.2) is 5.82 Å². The highest BCUT2D eigenvalue weighted by Gasteiger charge is 2.11. The highest BCUT2D eigenvalue weighted by atomic mass is 79.9. The average molecular weight is 618 g/mol. The van der Waals surface area contributed by atoms with Gasteiger partial charge in [-0.3, -0.25) is 0 Å². The van der Waals surface area contributed by atoms with Crippen LogP contribution in [0.1, 0.15) is 0 Å². The van der Waals surface area contributed by atoms with Gasteiger partial charge in [-0.2, -0.15) is 0 Å². The van der Waals surface area contributed by atoms with Crippen LogP contribution in [0.2, 0.25) is 0 Å². The normalized spacial score (nSPS) is 10.9. The van der Waals surface area contributed by atoms with Gasteiger partial charge >= 0.3 is 0 Å². The van der Waals surface area contributed by atoms with Crippen molar-refractivity contribution in [1.82, 2.24) is 9.97 Å². The molecule has 1 aromatic heterocycles. The molecule has 6 aromatic rings. The van der Waals surface area contributed by atoms with Gasteiger partial charge in [-0.15, -0.1) is 0 Å². The zero-order valence-electron chi connectivity index (χ0n) is 20.4. The second-order valence-corrected chi connectivity index (χ2v) is 10.8. The summed E-state index contributed by atoms with van der Waals surface area (Å²) < 4.78 is 2.06. The molecular formula is C34H22Br2N2. The maximum atomic E-state index is 4.97.